The molecule has 0 bridgehead atoms. The van der Waals surface area contributed by atoms with Gasteiger partial charge in [-0.2, -0.15) is 8.62 Å². The third-order valence-electron chi connectivity index (χ3n) is 9.77. The van der Waals surface area contributed by atoms with E-state index in [1.807, 2.05) is 60.7 Å². The van der Waals surface area contributed by atoms with E-state index in [2.05, 4.69) is 34.1 Å². The lowest BCUT2D eigenvalue weighted by molar-refractivity contribution is -0.130. The lowest BCUT2D eigenvalue weighted by atomic mass is 9.82. The van der Waals surface area contributed by atoms with Crippen molar-refractivity contribution in [1.82, 2.24) is 30.4 Å². The molecule has 27 heteroatoms. The lowest BCUT2D eigenvalue weighted by Gasteiger charge is -2.28. The molecule has 5 rings (SSSR count). The van der Waals surface area contributed by atoms with E-state index >= 15 is 0 Å². The molecule has 2 saturated heterocycles. The van der Waals surface area contributed by atoms with Crippen molar-refractivity contribution in [3.8, 4) is 0 Å². The summed E-state index contributed by atoms with van der Waals surface area (Å²) in [5, 5.41) is 18.6. The predicted molar refractivity (Wildman–Crippen MR) is 222 cm³/mol. The number of H-pyrrole nitrogens is 1. The minimum absolute atomic E-state index is 0.0650. The number of aromatic nitrogens is 2. The molecule has 64 heavy (non-hydrogen) atoms. The molecule has 3 heterocycles. The van der Waals surface area contributed by atoms with E-state index in [9.17, 15) is 57.4 Å². The second-order valence-corrected chi connectivity index (χ2v) is 18.8. The molecule has 5 amide bonds. The first-order chi connectivity index (χ1) is 30.2. The van der Waals surface area contributed by atoms with Gasteiger partial charge in [0, 0.05) is 45.1 Å². The number of nitrogens with zero attached hydrogens (tertiary/aromatic N) is 2. The van der Waals surface area contributed by atoms with Crippen LogP contribution in [0.2, 0.25) is 0 Å². The summed E-state index contributed by atoms with van der Waals surface area (Å²) in [5.41, 5.74) is -1.85. The molecule has 2 aromatic carbocycles. The SMILES string of the molecule is O=C(CCC(=O)NCCCCCCN1C(=O)NC(c2ccccc2)(c2ccccc2)C1=O)NC/C=C/c1cn([C@H]2C[C@H](O)[C@@H](COP(=O)(O)OP(=O)(O)OP(=O)(O)O)O2)c(=O)[nH]c1=O. The van der Waals surface area contributed by atoms with Crippen LogP contribution in [-0.2, 0) is 51.5 Å². The van der Waals surface area contributed by atoms with Gasteiger partial charge in [0.1, 0.15) is 12.3 Å². The zero-order chi connectivity index (χ0) is 46.7. The third-order valence-corrected chi connectivity index (χ3v) is 13.6. The maximum atomic E-state index is 13.8. The van der Waals surface area contributed by atoms with Gasteiger partial charge in [-0.15, -0.1) is 0 Å². The summed E-state index contributed by atoms with van der Waals surface area (Å²) in [4.78, 5) is 116. The zero-order valence-corrected chi connectivity index (χ0v) is 36.5. The average Bonchev–Trinajstić information content (AvgIpc) is 3.72. The number of urea groups is 1. The van der Waals surface area contributed by atoms with Crippen LogP contribution in [0.25, 0.3) is 6.08 Å². The Hall–Kier alpha value is -4.93. The van der Waals surface area contributed by atoms with Crippen LogP contribution in [0.4, 0.5) is 4.79 Å². The predicted octanol–water partition coefficient (Wildman–Crippen LogP) is 1.61. The minimum Gasteiger partial charge on any atom is -0.390 e. The number of aliphatic hydroxyl groups is 1. The Morgan fingerprint density at radius 1 is 0.844 bits per heavy atom. The van der Waals surface area contributed by atoms with Gasteiger partial charge in [0.2, 0.25) is 11.8 Å². The van der Waals surface area contributed by atoms with Crippen LogP contribution in [0.5, 0.6) is 0 Å². The van der Waals surface area contributed by atoms with Gasteiger partial charge in [0.05, 0.1) is 18.3 Å². The molecule has 9 N–H and O–H groups in total. The number of carbonyl (C=O) groups excluding carboxylic acids is 4. The standard InChI is InChI=1S/C37H47N6O18P3/c44-28-22-32(59-29(28)24-58-63(54,55)61-64(56,57)60-62(51,52)53)43-23-25(33(47)40-35(43)49)12-11-20-39-31(46)18-17-30(45)38-19-9-1-2-10-21-42-34(48)37(41-36(42)50,26-13-5-3-6-14-26)27-15-7-4-8-16-27/h3-8,11-16,23,28-29,32,44H,1-2,9-10,17-22,24H2,(H,38,45)(H,39,46)(H,41,50)(H,54,55)(H,56,57)(H,40,47,49)(H2,51,52,53)/b12-11+/t28-,29+,32+/m0/s1. The Kier molecular flexibility index (Phi) is 17.1. The molecular weight excluding hydrogens is 909 g/mol. The third kappa shape index (κ3) is 13.8. The molecule has 2 aliphatic heterocycles. The van der Waals surface area contributed by atoms with Gasteiger partial charge >= 0.3 is 35.2 Å². The van der Waals surface area contributed by atoms with Crippen molar-refractivity contribution >= 4 is 53.3 Å². The van der Waals surface area contributed by atoms with Gasteiger partial charge in [-0.3, -0.25) is 38.2 Å². The van der Waals surface area contributed by atoms with Crippen LogP contribution in [0, 0.1) is 0 Å². The molecule has 2 unspecified atom stereocenters. The van der Waals surface area contributed by atoms with Crippen molar-refractivity contribution in [2.75, 3.05) is 26.2 Å². The van der Waals surface area contributed by atoms with Crippen LogP contribution >= 0.6 is 23.5 Å². The van der Waals surface area contributed by atoms with Crippen molar-refractivity contribution in [2.24, 2.45) is 0 Å². The van der Waals surface area contributed by atoms with Crippen LogP contribution in [0.1, 0.15) is 67.9 Å². The quantitative estimate of drug-likeness (QED) is 0.0370. The molecule has 0 radical (unpaired) electrons. The largest absolute Gasteiger partial charge is 0.490 e. The number of amides is 5. The number of unbranched alkanes of at least 4 members (excludes halogenated alkanes) is 3. The number of hydrogen-bond donors (Lipinski definition) is 9. The van der Waals surface area contributed by atoms with Gasteiger partial charge in [-0.25, -0.2) is 23.3 Å². The fraction of sp³-hybridized carbons (Fsp3) is 0.405. The highest BCUT2D eigenvalue weighted by Crippen LogP contribution is 2.66. The second kappa shape index (κ2) is 21.8. The summed E-state index contributed by atoms with van der Waals surface area (Å²) < 4.78 is 52.5. The summed E-state index contributed by atoms with van der Waals surface area (Å²) in [6, 6.07) is 17.7. The lowest BCUT2D eigenvalue weighted by Crippen LogP contribution is -2.45. The molecule has 0 saturated carbocycles. The van der Waals surface area contributed by atoms with Crippen LogP contribution in [0.15, 0.2) is 82.5 Å². The number of imide groups is 1. The maximum absolute atomic E-state index is 13.8. The number of carbonyl (C=O) groups is 4. The Labute approximate surface area is 364 Å². The number of aliphatic hydroxyl groups excluding tert-OH is 1. The number of phosphoric ester groups is 1. The molecule has 2 fully saturated rings. The number of benzene rings is 2. The van der Waals surface area contributed by atoms with Crippen molar-refractivity contribution in [3.05, 3.63) is 110 Å². The minimum atomic E-state index is -5.78. The monoisotopic (exact) mass is 956 g/mol. The molecular formula is C37H47N6O18P3. The Morgan fingerprint density at radius 2 is 1.45 bits per heavy atom. The summed E-state index contributed by atoms with van der Waals surface area (Å²) in [6.07, 6.45) is 1.70. The van der Waals surface area contributed by atoms with E-state index in [0.29, 0.717) is 36.9 Å². The number of phosphoric acid groups is 3. The first kappa shape index (κ1) is 50.1. The fourth-order valence-corrected chi connectivity index (χ4v) is 9.82. The van der Waals surface area contributed by atoms with Crippen molar-refractivity contribution in [2.45, 2.75) is 68.9 Å². The van der Waals surface area contributed by atoms with Gasteiger partial charge < -0.3 is 45.4 Å². The maximum Gasteiger partial charge on any atom is 0.490 e. The van der Waals surface area contributed by atoms with Crippen molar-refractivity contribution in [1.29, 1.82) is 0 Å². The van der Waals surface area contributed by atoms with Gasteiger partial charge in [0.15, 0.2) is 5.54 Å². The summed E-state index contributed by atoms with van der Waals surface area (Å²) >= 11 is 0. The summed E-state index contributed by atoms with van der Waals surface area (Å²) in [5.74, 6) is -1.15. The highest BCUT2D eigenvalue weighted by Gasteiger charge is 2.53. The van der Waals surface area contributed by atoms with Crippen LogP contribution in [0.3, 0.4) is 0 Å². The Bertz CT molecular complexity index is 2410. The van der Waals surface area contributed by atoms with E-state index in [-0.39, 0.29) is 49.7 Å². The van der Waals surface area contributed by atoms with Crippen LogP contribution in [-0.4, -0.2) is 101 Å². The fourth-order valence-electron chi connectivity index (χ4n) is 6.79. The Balaban J connectivity index is 0.981. The molecule has 5 atom stereocenters. The van der Waals surface area contributed by atoms with E-state index in [4.69, 9.17) is 14.5 Å². The summed E-state index contributed by atoms with van der Waals surface area (Å²) in [6.45, 7) is -0.450. The highest BCUT2D eigenvalue weighted by molar-refractivity contribution is 7.66. The zero-order valence-electron chi connectivity index (χ0n) is 33.8. The normalized spacial score (nSPS) is 20.5. The second-order valence-electron chi connectivity index (χ2n) is 14.4. The van der Waals surface area contributed by atoms with E-state index in [1.165, 1.54) is 17.1 Å². The highest BCUT2D eigenvalue weighted by atomic mass is 31.3. The number of ether oxygens (including phenoxy) is 1. The van der Waals surface area contributed by atoms with Crippen molar-refractivity contribution < 1.29 is 75.4 Å². The smallest absolute Gasteiger partial charge is 0.390 e. The van der Waals surface area contributed by atoms with Gasteiger partial charge in [-0.1, -0.05) is 85.7 Å². The van der Waals surface area contributed by atoms with E-state index < -0.39 is 77.2 Å². The first-order valence-corrected chi connectivity index (χ1v) is 24.1. The van der Waals surface area contributed by atoms with Gasteiger partial charge in [-0.05, 0) is 24.0 Å². The van der Waals surface area contributed by atoms with E-state index in [0.717, 1.165) is 17.2 Å². The number of aromatic amines is 1. The van der Waals surface area contributed by atoms with Crippen LogP contribution < -0.4 is 27.2 Å². The molecule has 348 valence electrons. The van der Waals surface area contributed by atoms with Gasteiger partial charge in [0.25, 0.3) is 11.5 Å². The number of hydrogen-bond acceptors (Lipinski definition) is 14. The topological polar surface area (TPSA) is 352 Å². The number of nitrogens with one attached hydrogen (secondary N) is 4. The molecule has 0 spiro atoms. The number of rotatable bonds is 23. The van der Waals surface area contributed by atoms with E-state index in [1.54, 1.807) is 0 Å². The Morgan fingerprint density at radius 3 is 2.08 bits per heavy atom. The molecule has 3 aromatic rings. The molecule has 2 aliphatic rings. The molecule has 1 aromatic heterocycles. The molecule has 24 nitrogen and oxygen atoms in total. The molecule has 0 aliphatic carbocycles. The summed E-state index contributed by atoms with van der Waals surface area (Å²) in [7, 11) is -16.9. The van der Waals surface area contributed by atoms with Crippen molar-refractivity contribution in [3.63, 3.8) is 0 Å². The first-order valence-electron chi connectivity index (χ1n) is 19.6. The average molecular weight is 957 g/mol.